The van der Waals surface area contributed by atoms with E-state index in [1.54, 1.807) is 18.3 Å². The number of primary amides is 1. The van der Waals surface area contributed by atoms with E-state index in [0.29, 0.717) is 16.6 Å². The van der Waals surface area contributed by atoms with Gasteiger partial charge in [0.2, 0.25) is 0 Å². The second-order valence-corrected chi connectivity index (χ2v) is 5.35. The molecule has 0 saturated heterocycles. The number of carbonyl (C=O) groups excluding carboxylic acids is 1. The Hall–Kier alpha value is -3.27. The average molecular weight is 299 g/mol. The van der Waals surface area contributed by atoms with Gasteiger partial charge in [-0.1, -0.05) is 42.5 Å². The third-order valence-corrected chi connectivity index (χ3v) is 3.88. The molecule has 1 heterocycles. The first-order chi connectivity index (χ1) is 11.2. The van der Waals surface area contributed by atoms with Crippen LogP contribution in [0.4, 0.5) is 0 Å². The molecule has 4 aromatic rings. The molecule has 110 valence electrons. The lowest BCUT2D eigenvalue weighted by Crippen LogP contribution is -2.12. The highest BCUT2D eigenvalue weighted by Crippen LogP contribution is 2.25. The van der Waals surface area contributed by atoms with Crippen molar-refractivity contribution in [1.82, 2.24) is 9.97 Å². The largest absolute Gasteiger partial charge is 0.366 e. The number of fused-ring (bicyclic) bond motifs is 2. The van der Waals surface area contributed by atoms with Crippen LogP contribution in [0, 0.1) is 0 Å². The molecule has 0 unspecified atom stereocenters. The summed E-state index contributed by atoms with van der Waals surface area (Å²) in [5.74, 6) is -0.499. The van der Waals surface area contributed by atoms with Crippen LogP contribution >= 0.6 is 0 Å². The minimum atomic E-state index is -0.499. The van der Waals surface area contributed by atoms with Gasteiger partial charge >= 0.3 is 0 Å². The lowest BCUT2D eigenvalue weighted by molar-refractivity contribution is 0.100. The van der Waals surface area contributed by atoms with Crippen molar-refractivity contribution in [3.63, 3.8) is 0 Å². The number of aromatic nitrogens is 2. The van der Waals surface area contributed by atoms with E-state index in [-0.39, 0.29) is 0 Å². The molecule has 4 nitrogen and oxygen atoms in total. The highest BCUT2D eigenvalue weighted by molar-refractivity contribution is 6.04. The molecular formula is C19H13N3O. The van der Waals surface area contributed by atoms with Crippen molar-refractivity contribution in [3.8, 4) is 11.3 Å². The van der Waals surface area contributed by atoms with Gasteiger partial charge in [-0.15, -0.1) is 0 Å². The summed E-state index contributed by atoms with van der Waals surface area (Å²) in [7, 11) is 0. The summed E-state index contributed by atoms with van der Waals surface area (Å²) < 4.78 is 0. The smallest absolute Gasteiger partial charge is 0.250 e. The van der Waals surface area contributed by atoms with Gasteiger partial charge in [-0.05, 0) is 29.0 Å². The van der Waals surface area contributed by atoms with Crippen molar-refractivity contribution >= 4 is 27.7 Å². The highest BCUT2D eigenvalue weighted by Gasteiger charge is 2.10. The van der Waals surface area contributed by atoms with Crippen LogP contribution in [0.5, 0.6) is 0 Å². The van der Waals surface area contributed by atoms with Gasteiger partial charge in [-0.25, -0.2) is 4.98 Å². The van der Waals surface area contributed by atoms with E-state index < -0.39 is 5.91 Å². The predicted octanol–water partition coefficient (Wildman–Crippen LogP) is 3.55. The average Bonchev–Trinajstić information content (AvgIpc) is 2.60. The van der Waals surface area contributed by atoms with Gasteiger partial charge in [0.05, 0.1) is 23.0 Å². The molecule has 4 rings (SSSR count). The van der Waals surface area contributed by atoms with Crippen LogP contribution in [-0.2, 0) is 0 Å². The molecule has 0 aliphatic rings. The lowest BCUT2D eigenvalue weighted by atomic mass is 10.0. The van der Waals surface area contributed by atoms with Crippen LogP contribution in [0.3, 0.4) is 0 Å². The summed E-state index contributed by atoms with van der Waals surface area (Å²) in [5, 5.41) is 2.30. The fourth-order valence-electron chi connectivity index (χ4n) is 2.72. The number of rotatable bonds is 2. The second kappa shape index (κ2) is 5.18. The summed E-state index contributed by atoms with van der Waals surface area (Å²) in [5.41, 5.74) is 8.69. The number of para-hydroxylation sites is 1. The number of benzene rings is 3. The van der Waals surface area contributed by atoms with Gasteiger partial charge < -0.3 is 5.73 Å². The van der Waals surface area contributed by atoms with Crippen molar-refractivity contribution < 1.29 is 4.79 Å². The fraction of sp³-hybridized carbons (Fsp3) is 0. The van der Waals surface area contributed by atoms with E-state index in [2.05, 4.69) is 34.2 Å². The molecule has 3 aromatic carbocycles. The summed E-state index contributed by atoms with van der Waals surface area (Å²) in [6.07, 6.45) is 1.72. The Labute approximate surface area is 132 Å². The Bertz CT molecular complexity index is 1060. The van der Waals surface area contributed by atoms with Crippen LogP contribution in [-0.4, -0.2) is 15.9 Å². The predicted molar refractivity (Wildman–Crippen MR) is 91.0 cm³/mol. The van der Waals surface area contributed by atoms with Crippen molar-refractivity contribution in [3.05, 3.63) is 72.4 Å². The number of hydrogen-bond donors (Lipinski definition) is 1. The monoisotopic (exact) mass is 299 g/mol. The maximum atomic E-state index is 11.6. The van der Waals surface area contributed by atoms with Crippen LogP contribution < -0.4 is 5.73 Å². The zero-order chi connectivity index (χ0) is 15.8. The standard InChI is InChI=1S/C19H13N3O/c20-19(23)15-6-3-7-16-18(15)22-17(11-21-16)14-9-8-12-4-1-2-5-13(12)10-14/h1-11H,(H2,20,23). The van der Waals surface area contributed by atoms with E-state index >= 15 is 0 Å². The Kier molecular flexibility index (Phi) is 3.01. The molecule has 0 spiro atoms. The number of nitrogens with zero attached hydrogens (tertiary/aromatic N) is 2. The highest BCUT2D eigenvalue weighted by atomic mass is 16.1. The molecule has 0 saturated carbocycles. The normalized spacial score (nSPS) is 11.0. The molecule has 2 N–H and O–H groups in total. The molecule has 0 aliphatic carbocycles. The van der Waals surface area contributed by atoms with E-state index in [9.17, 15) is 4.79 Å². The minimum absolute atomic E-state index is 0.387. The third kappa shape index (κ3) is 2.30. The molecule has 0 atom stereocenters. The van der Waals surface area contributed by atoms with Gasteiger partial charge in [-0.3, -0.25) is 9.78 Å². The third-order valence-electron chi connectivity index (χ3n) is 3.88. The second-order valence-electron chi connectivity index (χ2n) is 5.35. The number of hydrogen-bond acceptors (Lipinski definition) is 3. The summed E-state index contributed by atoms with van der Waals surface area (Å²) >= 11 is 0. The Morgan fingerprint density at radius 2 is 1.74 bits per heavy atom. The maximum Gasteiger partial charge on any atom is 0.250 e. The first-order valence-corrected chi connectivity index (χ1v) is 7.27. The fourth-order valence-corrected chi connectivity index (χ4v) is 2.72. The number of carbonyl (C=O) groups is 1. The van der Waals surface area contributed by atoms with Crippen molar-refractivity contribution in [2.45, 2.75) is 0 Å². The lowest BCUT2D eigenvalue weighted by Gasteiger charge is -2.06. The topological polar surface area (TPSA) is 68.9 Å². The first-order valence-electron chi connectivity index (χ1n) is 7.27. The molecule has 0 fully saturated rings. The Balaban J connectivity index is 1.93. The van der Waals surface area contributed by atoms with E-state index in [0.717, 1.165) is 16.6 Å². The Morgan fingerprint density at radius 1 is 0.913 bits per heavy atom. The van der Waals surface area contributed by atoms with Crippen LogP contribution in [0.2, 0.25) is 0 Å². The number of nitrogens with two attached hydrogens (primary N) is 1. The summed E-state index contributed by atoms with van der Waals surface area (Å²) in [6.45, 7) is 0. The van der Waals surface area contributed by atoms with Crippen molar-refractivity contribution in [1.29, 1.82) is 0 Å². The van der Waals surface area contributed by atoms with Crippen molar-refractivity contribution in [2.24, 2.45) is 5.73 Å². The van der Waals surface area contributed by atoms with Gasteiger partial charge in [0.25, 0.3) is 5.91 Å². The van der Waals surface area contributed by atoms with E-state index in [4.69, 9.17) is 5.73 Å². The maximum absolute atomic E-state index is 11.6. The van der Waals surface area contributed by atoms with Crippen LogP contribution in [0.1, 0.15) is 10.4 Å². The molecule has 0 bridgehead atoms. The van der Waals surface area contributed by atoms with Crippen LogP contribution in [0.25, 0.3) is 33.1 Å². The molecule has 1 aromatic heterocycles. The molecule has 4 heteroatoms. The van der Waals surface area contributed by atoms with Crippen molar-refractivity contribution in [2.75, 3.05) is 0 Å². The van der Waals surface area contributed by atoms with Crippen LogP contribution in [0.15, 0.2) is 66.9 Å². The first kappa shape index (κ1) is 13.4. The molecular weight excluding hydrogens is 286 g/mol. The van der Waals surface area contributed by atoms with Gasteiger partial charge in [0.15, 0.2) is 0 Å². The molecule has 0 radical (unpaired) electrons. The van der Waals surface area contributed by atoms with Gasteiger partial charge in [0.1, 0.15) is 5.52 Å². The summed E-state index contributed by atoms with van der Waals surface area (Å²) in [6, 6.07) is 19.5. The number of amides is 1. The Morgan fingerprint density at radius 3 is 2.57 bits per heavy atom. The minimum Gasteiger partial charge on any atom is -0.366 e. The van der Waals surface area contributed by atoms with Gasteiger partial charge in [0, 0.05) is 5.56 Å². The molecule has 1 amide bonds. The van der Waals surface area contributed by atoms with E-state index in [1.165, 1.54) is 5.39 Å². The quantitative estimate of drug-likeness (QED) is 0.615. The zero-order valence-corrected chi connectivity index (χ0v) is 12.2. The summed E-state index contributed by atoms with van der Waals surface area (Å²) in [4.78, 5) is 20.6. The van der Waals surface area contributed by atoms with E-state index in [1.807, 2.05) is 24.3 Å². The van der Waals surface area contributed by atoms with Gasteiger partial charge in [-0.2, -0.15) is 0 Å². The molecule has 0 aliphatic heterocycles. The zero-order valence-electron chi connectivity index (χ0n) is 12.2. The molecule has 23 heavy (non-hydrogen) atoms. The SMILES string of the molecule is NC(=O)c1cccc2ncc(-c3ccc4ccccc4c3)nc12.